The van der Waals surface area contributed by atoms with Gasteiger partial charge in [0.1, 0.15) is 19.3 Å². The third-order valence-corrected chi connectivity index (χ3v) is 16.8. The Balaban J connectivity index is 5.14. The first-order valence-electron chi connectivity index (χ1n) is 35.9. The maximum absolute atomic E-state index is 13.6. The third kappa shape index (κ3) is 65.5. The fraction of sp³-hybridized carbons (Fsp3) is 0.787. The normalized spacial score (nSPS) is 14.0. The van der Waals surface area contributed by atoms with Gasteiger partial charge in [-0.2, -0.15) is 0 Å². The van der Waals surface area contributed by atoms with Crippen LogP contribution in [0.15, 0.2) is 85.1 Å². The second kappa shape index (κ2) is 64.2. The minimum absolute atomic E-state index is 0.0270. The highest BCUT2D eigenvalue weighted by molar-refractivity contribution is 7.45. The molecular formula is C75H137N2O7P. The molecule has 0 aromatic carbocycles. The van der Waals surface area contributed by atoms with Crippen LogP contribution in [-0.2, 0) is 27.9 Å². The summed E-state index contributed by atoms with van der Waals surface area (Å²) < 4.78 is 30.5. The van der Waals surface area contributed by atoms with Gasteiger partial charge in [0.2, 0.25) is 5.91 Å². The summed E-state index contributed by atoms with van der Waals surface area (Å²) in [6.07, 6.45) is 85.5. The molecule has 0 saturated heterocycles. The summed E-state index contributed by atoms with van der Waals surface area (Å²) in [6, 6.07) is -0.899. The summed E-state index contributed by atoms with van der Waals surface area (Å²) in [7, 11) is 1.18. The highest BCUT2D eigenvalue weighted by Gasteiger charge is 2.27. The molecule has 10 heteroatoms. The van der Waals surface area contributed by atoms with Crippen molar-refractivity contribution in [1.82, 2.24) is 5.32 Å². The molecule has 0 aromatic heterocycles. The summed E-state index contributed by atoms with van der Waals surface area (Å²) in [5, 5.41) is 3.04. The first kappa shape index (κ1) is 82.2. The monoisotopic (exact) mass is 1210 g/mol. The van der Waals surface area contributed by atoms with E-state index in [1.165, 1.54) is 199 Å². The molecule has 0 heterocycles. The number of ether oxygens (including phenoxy) is 1. The van der Waals surface area contributed by atoms with Crippen molar-refractivity contribution in [3.05, 3.63) is 85.1 Å². The molecule has 3 unspecified atom stereocenters. The minimum Gasteiger partial charge on any atom is -0.756 e. The minimum atomic E-state index is -4.71. The van der Waals surface area contributed by atoms with Crippen molar-refractivity contribution in [2.24, 2.45) is 0 Å². The lowest BCUT2D eigenvalue weighted by atomic mass is 10.0. The van der Waals surface area contributed by atoms with Gasteiger partial charge >= 0.3 is 5.97 Å². The number of phosphoric acid groups is 1. The number of hydrogen-bond acceptors (Lipinski definition) is 7. The number of allylic oxidation sites excluding steroid dienone is 13. The number of amides is 1. The smallest absolute Gasteiger partial charge is 0.306 e. The number of carbonyl (C=O) groups excluding carboxylic acids is 2. The number of nitrogens with zero attached hydrogens (tertiary/aromatic N) is 1. The van der Waals surface area contributed by atoms with Crippen LogP contribution in [0.1, 0.15) is 329 Å². The first-order chi connectivity index (χ1) is 41.4. The number of hydrogen-bond donors (Lipinski definition) is 1. The second-order valence-electron chi connectivity index (χ2n) is 25.4. The van der Waals surface area contributed by atoms with Crippen LogP contribution in [-0.4, -0.2) is 69.4 Å². The molecule has 0 aliphatic heterocycles. The number of carbonyl (C=O) groups is 2. The molecule has 0 aliphatic rings. The van der Waals surface area contributed by atoms with Gasteiger partial charge in [-0.1, -0.05) is 292 Å². The van der Waals surface area contributed by atoms with Crippen molar-refractivity contribution in [3.8, 4) is 0 Å². The highest BCUT2D eigenvalue weighted by Crippen LogP contribution is 2.38. The predicted molar refractivity (Wildman–Crippen MR) is 367 cm³/mol. The van der Waals surface area contributed by atoms with Gasteiger partial charge in [-0.05, 0) is 109 Å². The Kier molecular flexibility index (Phi) is 62.1. The van der Waals surface area contributed by atoms with Gasteiger partial charge in [-0.25, -0.2) is 0 Å². The molecule has 85 heavy (non-hydrogen) atoms. The van der Waals surface area contributed by atoms with E-state index in [9.17, 15) is 19.0 Å². The highest BCUT2D eigenvalue weighted by atomic mass is 31.2. The van der Waals surface area contributed by atoms with Crippen molar-refractivity contribution in [2.45, 2.75) is 341 Å². The van der Waals surface area contributed by atoms with E-state index in [-0.39, 0.29) is 24.9 Å². The topological polar surface area (TPSA) is 114 Å². The van der Waals surface area contributed by atoms with E-state index in [2.05, 4.69) is 99.0 Å². The average molecular weight is 1210 g/mol. The molecule has 494 valence electrons. The van der Waals surface area contributed by atoms with Gasteiger partial charge < -0.3 is 28.5 Å². The van der Waals surface area contributed by atoms with E-state index in [1.54, 1.807) is 0 Å². The number of rotatable bonds is 65. The van der Waals surface area contributed by atoms with Crippen LogP contribution in [0.3, 0.4) is 0 Å². The molecule has 0 aromatic rings. The molecule has 0 radical (unpaired) electrons. The van der Waals surface area contributed by atoms with Crippen LogP contribution >= 0.6 is 7.82 Å². The Morgan fingerprint density at radius 2 is 0.718 bits per heavy atom. The van der Waals surface area contributed by atoms with Crippen LogP contribution < -0.4 is 10.2 Å². The Bertz CT molecular complexity index is 1730. The zero-order valence-corrected chi connectivity index (χ0v) is 57.4. The third-order valence-electron chi connectivity index (χ3n) is 15.8. The van der Waals surface area contributed by atoms with Gasteiger partial charge in [-0.15, -0.1) is 0 Å². The van der Waals surface area contributed by atoms with Crippen LogP contribution in [0.2, 0.25) is 0 Å². The van der Waals surface area contributed by atoms with Gasteiger partial charge in [0.15, 0.2) is 0 Å². The van der Waals surface area contributed by atoms with Crippen LogP contribution in [0.25, 0.3) is 0 Å². The lowest BCUT2D eigenvalue weighted by Gasteiger charge is -2.30. The molecule has 0 bridgehead atoms. The van der Waals surface area contributed by atoms with Crippen molar-refractivity contribution in [3.63, 3.8) is 0 Å². The maximum atomic E-state index is 13.6. The van der Waals surface area contributed by atoms with Gasteiger partial charge in [0, 0.05) is 12.8 Å². The quantitative estimate of drug-likeness (QED) is 0.0212. The molecule has 0 saturated carbocycles. The second-order valence-corrected chi connectivity index (χ2v) is 26.8. The number of likely N-dealkylation sites (N-methyl/N-ethyl adjacent to an activating group) is 1. The lowest BCUT2D eigenvalue weighted by molar-refractivity contribution is -0.870. The fourth-order valence-electron chi connectivity index (χ4n) is 10.2. The van der Waals surface area contributed by atoms with Crippen molar-refractivity contribution >= 4 is 19.7 Å². The fourth-order valence-corrected chi connectivity index (χ4v) is 11.0. The maximum Gasteiger partial charge on any atom is 0.306 e. The Morgan fingerprint density at radius 3 is 1.09 bits per heavy atom. The standard InChI is InChI=1S/C75H137N2O7P/c1-7-10-13-16-19-22-25-28-30-32-34-36-38-40-42-44-46-49-52-55-58-61-64-67-74(78)76-72(71-83-85(80,81)82-70-69-77(4,5)6)73(66-63-60-57-54-51-48-27-24-21-18-15-12-9-3)84-75(79)68-65-62-59-56-53-50-47-45-43-41-39-37-35-33-31-29-26-23-20-17-14-11-8-2/h19-20,22-23,28-31,34,36,40,42,63,66,72-73H,7-18,21,24-27,32-33,35,37-39,41,43-62,64-65,67-71H2,1-6H3,(H-,76,78,80,81)/b22-19-,23-20-,30-28-,31-29-,36-34-,42-40-,66-63+. The van der Waals surface area contributed by atoms with Crippen LogP contribution in [0, 0.1) is 0 Å². The van der Waals surface area contributed by atoms with E-state index in [4.69, 9.17) is 13.8 Å². The summed E-state index contributed by atoms with van der Waals surface area (Å²) >= 11 is 0. The van der Waals surface area contributed by atoms with Crippen LogP contribution in [0.4, 0.5) is 0 Å². The SMILES string of the molecule is CCCCC/C=C\C/C=C\C/C=C\C/C=C\CCCCCCCCCC(=O)NC(COP(=O)([O-])OCC[N+](C)(C)C)C(/C=C/CCCCCCCCCCCCC)OC(=O)CCCCCCCCCCCCCCC/C=C\C/C=C\CCCCC. The van der Waals surface area contributed by atoms with Crippen molar-refractivity contribution in [1.29, 1.82) is 0 Å². The lowest BCUT2D eigenvalue weighted by Crippen LogP contribution is -2.47. The molecule has 9 nitrogen and oxygen atoms in total. The first-order valence-corrected chi connectivity index (χ1v) is 37.4. The van der Waals surface area contributed by atoms with Gasteiger partial charge in [0.05, 0.1) is 33.8 Å². The Labute approximate surface area is 526 Å². The van der Waals surface area contributed by atoms with Crippen LogP contribution in [0.5, 0.6) is 0 Å². The largest absolute Gasteiger partial charge is 0.756 e. The zero-order chi connectivity index (χ0) is 62.1. The number of esters is 1. The average Bonchev–Trinajstić information content (AvgIpc) is 3.52. The molecular weight excluding hydrogens is 1070 g/mol. The van der Waals surface area contributed by atoms with Crippen molar-refractivity contribution < 1.29 is 37.3 Å². The molecule has 1 amide bonds. The van der Waals surface area contributed by atoms with E-state index < -0.39 is 26.6 Å². The molecule has 0 aliphatic carbocycles. The summed E-state index contributed by atoms with van der Waals surface area (Å²) in [4.78, 5) is 40.2. The van der Waals surface area contributed by atoms with Gasteiger partial charge in [-0.3, -0.25) is 14.2 Å². The Hall–Kier alpha value is -2.81. The number of phosphoric ester groups is 1. The van der Waals surface area contributed by atoms with E-state index in [0.29, 0.717) is 17.4 Å². The molecule has 1 N–H and O–H groups in total. The summed E-state index contributed by atoms with van der Waals surface area (Å²) in [5.74, 6) is -0.546. The molecule has 3 atom stereocenters. The molecule has 0 spiro atoms. The number of unbranched alkanes of at least 4 members (excludes halogenated alkanes) is 37. The summed E-state index contributed by atoms with van der Waals surface area (Å²) in [5.41, 5.74) is 0. The molecule has 0 rings (SSSR count). The summed E-state index contributed by atoms with van der Waals surface area (Å²) in [6.45, 7) is 6.81. The molecule has 0 fully saturated rings. The van der Waals surface area contributed by atoms with E-state index in [1.807, 2.05) is 33.3 Å². The number of quaternary nitrogens is 1. The van der Waals surface area contributed by atoms with E-state index in [0.717, 1.165) is 96.3 Å². The van der Waals surface area contributed by atoms with Gasteiger partial charge in [0.25, 0.3) is 7.82 Å². The Morgan fingerprint density at radius 1 is 0.412 bits per heavy atom. The van der Waals surface area contributed by atoms with E-state index >= 15 is 0 Å². The predicted octanol–water partition coefficient (Wildman–Crippen LogP) is 22.3. The zero-order valence-electron chi connectivity index (χ0n) is 56.6. The van der Waals surface area contributed by atoms with Crippen molar-refractivity contribution in [2.75, 3.05) is 40.9 Å². The number of nitrogens with one attached hydrogen (secondary N) is 1.